The fourth-order valence-corrected chi connectivity index (χ4v) is 6.68. The van der Waals surface area contributed by atoms with Gasteiger partial charge in [-0.15, -0.1) is 0 Å². The number of aliphatic imine (C=N–C) groups is 1. The zero-order valence-electron chi connectivity index (χ0n) is 27.8. The van der Waals surface area contributed by atoms with Crippen LogP contribution in [0.4, 0.5) is 0 Å². The van der Waals surface area contributed by atoms with E-state index in [2.05, 4.69) is 91.2 Å². The minimum Gasteiger partial charge on any atom is -1.00 e. The molecule has 0 radical (unpaired) electrons. The first-order valence-electron chi connectivity index (χ1n) is 15.3. The van der Waals surface area contributed by atoms with Crippen molar-refractivity contribution in [3.05, 3.63) is 146 Å². The molecule has 4 aromatic carbocycles. The number of hydrogen-bond donors (Lipinski definition) is 1. The van der Waals surface area contributed by atoms with E-state index in [9.17, 15) is 9.47 Å². The quantitative estimate of drug-likeness (QED) is 0.168. The van der Waals surface area contributed by atoms with E-state index in [1.807, 2.05) is 63.2 Å². The summed E-state index contributed by atoms with van der Waals surface area (Å²) in [5, 5.41) is 9.37. The van der Waals surface area contributed by atoms with Gasteiger partial charge in [0.1, 0.15) is 22.4 Å². The van der Waals surface area contributed by atoms with E-state index in [1.165, 1.54) is 36.8 Å². The third kappa shape index (κ3) is 10.7. The van der Waals surface area contributed by atoms with Crippen molar-refractivity contribution in [2.45, 2.75) is 56.7 Å². The molecular formula is C38H39Br3MgN4O2S. The van der Waals surface area contributed by atoms with Gasteiger partial charge in [-0.05, 0) is 81.0 Å². The summed E-state index contributed by atoms with van der Waals surface area (Å²) < 4.78 is 18.5. The van der Waals surface area contributed by atoms with Crippen molar-refractivity contribution in [3.63, 3.8) is 0 Å². The van der Waals surface area contributed by atoms with Crippen LogP contribution < -0.4 is 22.7 Å². The van der Waals surface area contributed by atoms with Crippen molar-refractivity contribution in [2.75, 3.05) is 0 Å². The number of halogens is 3. The van der Waals surface area contributed by atoms with Crippen LogP contribution in [-0.4, -0.2) is 49.0 Å². The normalized spacial score (nSPS) is 17.7. The van der Waals surface area contributed by atoms with Gasteiger partial charge in [0.2, 0.25) is 0 Å². The predicted molar refractivity (Wildman–Crippen MR) is 207 cm³/mol. The molecule has 7 rings (SSSR count). The van der Waals surface area contributed by atoms with Crippen molar-refractivity contribution in [3.8, 4) is 6.07 Å². The molecule has 6 nitrogen and oxygen atoms in total. The molecule has 3 aliphatic rings. The molecule has 49 heavy (non-hydrogen) atoms. The second kappa shape index (κ2) is 18.9. The van der Waals surface area contributed by atoms with E-state index < -0.39 is 15.7 Å². The topological polar surface area (TPSA) is 123 Å². The van der Waals surface area contributed by atoms with Gasteiger partial charge in [-0.25, -0.2) is 17.1 Å². The molecule has 0 aromatic heterocycles. The van der Waals surface area contributed by atoms with Crippen LogP contribution >= 0.6 is 31.9 Å². The summed E-state index contributed by atoms with van der Waals surface area (Å²) in [5.41, 5.74) is 12.1. The molecule has 0 spiro atoms. The second-order valence-electron chi connectivity index (χ2n) is 12.4. The molecule has 0 amide bonds. The maximum absolute atomic E-state index is 12.5. The van der Waals surface area contributed by atoms with Gasteiger partial charge in [0.15, 0.2) is 0 Å². The summed E-state index contributed by atoms with van der Waals surface area (Å²) in [6, 6.07) is 33.9. The summed E-state index contributed by atoms with van der Waals surface area (Å²) in [4.78, 5) is 4.93. The van der Waals surface area contributed by atoms with E-state index in [0.717, 1.165) is 20.1 Å². The van der Waals surface area contributed by atoms with Crippen LogP contribution in [0.1, 0.15) is 79.8 Å². The van der Waals surface area contributed by atoms with Crippen LogP contribution in [0.3, 0.4) is 0 Å². The fraction of sp³-hybridized carbons (Fsp3) is 0.263. The number of amidine groups is 1. The Morgan fingerprint density at radius 2 is 1.55 bits per heavy atom. The maximum Gasteiger partial charge on any atom is 2.00 e. The molecule has 4 N–H and O–H groups in total. The van der Waals surface area contributed by atoms with Crippen molar-refractivity contribution in [1.29, 1.82) is 5.26 Å². The third-order valence-corrected chi connectivity index (χ3v) is 10.1. The van der Waals surface area contributed by atoms with Gasteiger partial charge in [0.25, 0.3) is 0 Å². The Kier molecular flexibility index (Phi) is 16.6. The van der Waals surface area contributed by atoms with E-state index in [-0.39, 0.29) is 51.0 Å². The first-order chi connectivity index (χ1) is 22.0. The smallest absolute Gasteiger partial charge is 1.00 e. The zero-order valence-corrected chi connectivity index (χ0v) is 34.8. The van der Waals surface area contributed by atoms with Gasteiger partial charge in [0.05, 0.1) is 22.1 Å². The average Bonchev–Trinajstić information content (AvgIpc) is 3.97. The molecule has 0 bridgehead atoms. The van der Waals surface area contributed by atoms with Crippen molar-refractivity contribution in [1.82, 2.24) is 0 Å². The van der Waals surface area contributed by atoms with Crippen LogP contribution in [0.2, 0.25) is 0 Å². The average molecular weight is 880 g/mol. The van der Waals surface area contributed by atoms with Crippen molar-refractivity contribution >= 4 is 77.4 Å². The Hall–Kier alpha value is -2.17. The number of benzene rings is 4. The van der Waals surface area contributed by atoms with Gasteiger partial charge in [0, 0.05) is 25.6 Å². The molecule has 4 aromatic rings. The molecule has 1 aliphatic heterocycles. The second-order valence-corrected chi connectivity index (χ2v) is 16.2. The largest absolute Gasteiger partial charge is 2.00 e. The van der Waals surface area contributed by atoms with Crippen LogP contribution in [0.25, 0.3) is 0 Å². The number of nitrogens with two attached hydrogens (primary N) is 1. The van der Waals surface area contributed by atoms with Crippen LogP contribution in [0.5, 0.6) is 0 Å². The third-order valence-electron chi connectivity index (χ3n) is 7.73. The van der Waals surface area contributed by atoms with Gasteiger partial charge in [-0.1, -0.05) is 98.6 Å². The molecule has 2 unspecified atom stereocenters. The Morgan fingerprint density at radius 3 is 2.12 bits per heavy atom. The maximum atomic E-state index is 12.5. The number of fused-ring (bicyclic) bond motifs is 1. The zero-order chi connectivity index (χ0) is 32.9. The Labute approximate surface area is 336 Å². The van der Waals surface area contributed by atoms with E-state index in [1.54, 1.807) is 12.1 Å². The molecule has 252 valence electrons. The Morgan fingerprint density at radius 1 is 0.959 bits per heavy atom. The first kappa shape index (κ1) is 43.0. The van der Waals surface area contributed by atoms with Gasteiger partial charge >= 0.3 is 23.1 Å². The predicted octanol–water partition coefficient (Wildman–Crippen LogP) is 5.22. The van der Waals surface area contributed by atoms with Crippen LogP contribution in [-0.2, 0) is 16.5 Å². The van der Waals surface area contributed by atoms with Gasteiger partial charge in [-0.2, -0.15) is 9.66 Å². The monoisotopic (exact) mass is 876 g/mol. The summed E-state index contributed by atoms with van der Waals surface area (Å²) in [6.07, 6.45) is 7.44. The minimum absolute atomic E-state index is 0. The molecule has 0 saturated heterocycles. The van der Waals surface area contributed by atoms with Crippen molar-refractivity contribution < 1.29 is 26.7 Å². The molecule has 2 fully saturated rings. The number of nitriles is 1. The molecule has 2 aliphatic carbocycles. The van der Waals surface area contributed by atoms with E-state index >= 15 is 0 Å². The summed E-state index contributed by atoms with van der Waals surface area (Å²) >= 11 is 7.03. The van der Waals surface area contributed by atoms with E-state index in [4.69, 9.17) is 10.7 Å². The Balaban J connectivity index is 0.000000297. The molecule has 11 heteroatoms. The fourth-order valence-electron chi connectivity index (χ4n) is 5.24. The Bertz CT molecular complexity index is 1860. The van der Waals surface area contributed by atoms with Crippen LogP contribution in [0, 0.1) is 23.7 Å². The van der Waals surface area contributed by atoms with E-state index in [0.29, 0.717) is 28.6 Å². The molecule has 1 heterocycles. The number of hydrogen-bond acceptors (Lipinski definition) is 4. The first-order valence-corrected chi connectivity index (χ1v) is 18.0. The minimum atomic E-state index is -1.42. The molecular weight excluding hydrogens is 841 g/mol. The number of rotatable bonds is 5. The summed E-state index contributed by atoms with van der Waals surface area (Å²) in [5.74, 6) is 1.24. The number of nitrogens with zero attached hydrogens (tertiary/aromatic N) is 3. The van der Waals surface area contributed by atoms with Gasteiger partial charge < -0.3 is 34.6 Å². The van der Waals surface area contributed by atoms with Gasteiger partial charge in [-0.3, -0.25) is 4.99 Å². The molecule has 2 atom stereocenters. The van der Waals surface area contributed by atoms with Crippen LogP contribution in [0.15, 0.2) is 115 Å². The standard InChI is InChI=1S/C18H17BrN2OS.C17H15BrN2.C3H5.BrH.Mg.H2O/c1-18(2,3)23(22)21-17(13-8-6-9-15(19)11-13)16-10-5-4-7-14(16)12-20;18-13-5-3-4-12(10-13)17(11-8-9-11)15-7-2-1-6-14(15)16(19)20-17;1-2-3-1;;;/h4-11H,1-3H3;1-7,10-11H,8-9H2,(H2,19,20);1H,2-3H2;1H;;1H2/q;;-1;;+2;/p-1. The van der Waals surface area contributed by atoms with Crippen molar-refractivity contribution in [2.24, 2.45) is 21.0 Å². The SMILES string of the molecule is CC(C)(C)S(=O)N=C(c1cccc(Br)c1)c1ccccc1C#N.NC1=NC(c2cccc(Br)c2)(C2CC2)c2ccccc21.O.[Br-].[CH-]1CC1.[Mg+2]. The summed E-state index contributed by atoms with van der Waals surface area (Å²) in [7, 11) is -1.42. The molecule has 2 saturated carbocycles. The summed E-state index contributed by atoms with van der Waals surface area (Å²) in [6.45, 7) is 5.63.